The van der Waals surface area contributed by atoms with E-state index in [1.54, 1.807) is 0 Å². The summed E-state index contributed by atoms with van der Waals surface area (Å²) in [5.41, 5.74) is 0.191. The van der Waals surface area contributed by atoms with Crippen molar-refractivity contribution < 1.29 is 18.5 Å². The SMILES string of the molecule is CN(C)CCN1C(=O)c2oc3ccc(F)cc3c(=O)c2C1c1ccc([N+](=O)[O-])cc1. The zero-order valence-corrected chi connectivity index (χ0v) is 16.3. The molecule has 1 aromatic heterocycles. The van der Waals surface area contributed by atoms with E-state index >= 15 is 0 Å². The Balaban J connectivity index is 1.92. The number of halogens is 1. The summed E-state index contributed by atoms with van der Waals surface area (Å²) in [6, 6.07) is 8.47. The first-order valence-electron chi connectivity index (χ1n) is 9.24. The van der Waals surface area contributed by atoms with E-state index in [1.165, 1.54) is 35.2 Å². The molecule has 2 heterocycles. The third kappa shape index (κ3) is 3.22. The van der Waals surface area contributed by atoms with E-state index in [4.69, 9.17) is 4.42 Å². The van der Waals surface area contributed by atoms with Crippen LogP contribution in [0, 0.1) is 15.9 Å². The summed E-state index contributed by atoms with van der Waals surface area (Å²) in [5.74, 6) is -1.12. The van der Waals surface area contributed by atoms with Gasteiger partial charge in [-0.1, -0.05) is 0 Å². The van der Waals surface area contributed by atoms with Crippen molar-refractivity contribution in [1.29, 1.82) is 0 Å². The molecule has 1 atom stereocenters. The van der Waals surface area contributed by atoms with Crippen LogP contribution in [0.1, 0.15) is 27.7 Å². The molecule has 0 radical (unpaired) electrons. The number of rotatable bonds is 5. The monoisotopic (exact) mass is 411 g/mol. The van der Waals surface area contributed by atoms with Gasteiger partial charge >= 0.3 is 0 Å². The standard InChI is InChI=1S/C21H18FN3O5/c1-23(2)9-10-24-18(12-3-6-14(7-4-12)25(28)29)17-19(26)15-11-13(22)5-8-16(15)30-20(17)21(24)27/h3-8,11,18H,9-10H2,1-2H3. The van der Waals surface area contributed by atoms with E-state index in [-0.39, 0.29) is 28.0 Å². The van der Waals surface area contributed by atoms with Crippen LogP contribution >= 0.6 is 0 Å². The maximum absolute atomic E-state index is 13.7. The lowest BCUT2D eigenvalue weighted by atomic mass is 9.98. The number of nitro benzene ring substituents is 1. The number of benzene rings is 2. The minimum absolute atomic E-state index is 0.0444. The van der Waals surface area contributed by atoms with Gasteiger partial charge < -0.3 is 14.2 Å². The van der Waals surface area contributed by atoms with Crippen molar-refractivity contribution in [2.24, 2.45) is 0 Å². The Morgan fingerprint density at radius 3 is 2.50 bits per heavy atom. The first kappa shape index (κ1) is 19.7. The summed E-state index contributed by atoms with van der Waals surface area (Å²) < 4.78 is 19.5. The molecule has 1 aliphatic heterocycles. The lowest BCUT2D eigenvalue weighted by Crippen LogP contribution is -2.35. The van der Waals surface area contributed by atoms with Crippen LogP contribution in [-0.2, 0) is 0 Å². The van der Waals surface area contributed by atoms with Gasteiger partial charge in [-0.05, 0) is 50.0 Å². The predicted octanol–water partition coefficient (Wildman–Crippen LogP) is 2.95. The fraction of sp³-hybridized carbons (Fsp3) is 0.238. The smallest absolute Gasteiger partial charge is 0.290 e. The second kappa shape index (κ2) is 7.34. The molecular formula is C21H18FN3O5. The number of likely N-dealkylation sites (N-methyl/N-ethyl adjacent to an activating group) is 1. The summed E-state index contributed by atoms with van der Waals surface area (Å²) in [7, 11) is 3.71. The van der Waals surface area contributed by atoms with Gasteiger partial charge in [0.15, 0.2) is 5.43 Å². The molecule has 0 saturated carbocycles. The number of nitro groups is 1. The fourth-order valence-electron chi connectivity index (χ4n) is 3.66. The first-order valence-corrected chi connectivity index (χ1v) is 9.24. The maximum Gasteiger partial charge on any atom is 0.290 e. The topological polar surface area (TPSA) is 96.9 Å². The van der Waals surface area contributed by atoms with Crippen LogP contribution in [0.3, 0.4) is 0 Å². The van der Waals surface area contributed by atoms with E-state index in [9.17, 15) is 24.1 Å². The molecule has 154 valence electrons. The van der Waals surface area contributed by atoms with Gasteiger partial charge in [0.05, 0.1) is 21.9 Å². The molecule has 1 amide bonds. The van der Waals surface area contributed by atoms with Crippen LogP contribution in [0.25, 0.3) is 11.0 Å². The highest BCUT2D eigenvalue weighted by Crippen LogP contribution is 2.38. The Kier molecular flexibility index (Phi) is 4.83. The molecule has 0 N–H and O–H groups in total. The number of nitrogens with zero attached hydrogens (tertiary/aromatic N) is 3. The molecule has 0 fully saturated rings. The molecule has 3 aromatic rings. The van der Waals surface area contributed by atoms with Crippen molar-refractivity contribution in [2.45, 2.75) is 6.04 Å². The van der Waals surface area contributed by atoms with Crippen LogP contribution in [-0.4, -0.2) is 47.8 Å². The van der Waals surface area contributed by atoms with Gasteiger partial charge in [-0.15, -0.1) is 0 Å². The van der Waals surface area contributed by atoms with E-state index in [1.807, 2.05) is 19.0 Å². The average molecular weight is 411 g/mol. The second-order valence-electron chi connectivity index (χ2n) is 7.37. The molecule has 0 spiro atoms. The summed E-state index contributed by atoms with van der Waals surface area (Å²) in [6.45, 7) is 0.841. The van der Waals surface area contributed by atoms with Crippen LogP contribution < -0.4 is 5.43 Å². The number of hydrogen-bond donors (Lipinski definition) is 0. The highest BCUT2D eigenvalue weighted by Gasteiger charge is 2.42. The number of carbonyl (C=O) groups excluding carboxylic acids is 1. The van der Waals surface area contributed by atoms with Crippen molar-refractivity contribution in [3.8, 4) is 0 Å². The van der Waals surface area contributed by atoms with E-state index in [0.29, 0.717) is 18.7 Å². The van der Waals surface area contributed by atoms with Crippen molar-refractivity contribution in [2.75, 3.05) is 27.2 Å². The molecule has 0 saturated heterocycles. The molecule has 2 aromatic carbocycles. The summed E-state index contributed by atoms with van der Waals surface area (Å²) in [6.07, 6.45) is 0. The van der Waals surface area contributed by atoms with Gasteiger partial charge in [-0.2, -0.15) is 0 Å². The number of non-ortho nitro benzene ring substituents is 1. The van der Waals surface area contributed by atoms with Crippen molar-refractivity contribution in [1.82, 2.24) is 9.80 Å². The van der Waals surface area contributed by atoms with Gasteiger partial charge in [-0.25, -0.2) is 4.39 Å². The van der Waals surface area contributed by atoms with E-state index in [0.717, 1.165) is 12.1 Å². The fourth-order valence-corrected chi connectivity index (χ4v) is 3.66. The van der Waals surface area contributed by atoms with Gasteiger partial charge in [0, 0.05) is 25.2 Å². The molecule has 0 bridgehead atoms. The zero-order valence-electron chi connectivity index (χ0n) is 16.3. The Hall–Kier alpha value is -3.59. The number of amides is 1. The van der Waals surface area contributed by atoms with Gasteiger partial charge in [0.25, 0.3) is 11.6 Å². The number of carbonyl (C=O) groups is 1. The maximum atomic E-state index is 13.7. The summed E-state index contributed by atoms with van der Waals surface area (Å²) in [5, 5.41) is 11.0. The minimum Gasteiger partial charge on any atom is -0.450 e. The summed E-state index contributed by atoms with van der Waals surface area (Å²) >= 11 is 0. The lowest BCUT2D eigenvalue weighted by Gasteiger charge is -2.26. The minimum atomic E-state index is -0.780. The molecule has 30 heavy (non-hydrogen) atoms. The van der Waals surface area contributed by atoms with E-state index < -0.39 is 28.1 Å². The lowest BCUT2D eigenvalue weighted by molar-refractivity contribution is -0.384. The highest BCUT2D eigenvalue weighted by molar-refractivity contribution is 5.99. The van der Waals surface area contributed by atoms with Crippen molar-refractivity contribution in [3.63, 3.8) is 0 Å². The van der Waals surface area contributed by atoms with Crippen LogP contribution in [0.15, 0.2) is 51.7 Å². The van der Waals surface area contributed by atoms with Gasteiger partial charge in [0.1, 0.15) is 11.4 Å². The largest absolute Gasteiger partial charge is 0.450 e. The van der Waals surface area contributed by atoms with Gasteiger partial charge in [0.2, 0.25) is 5.76 Å². The molecular weight excluding hydrogens is 393 g/mol. The quantitative estimate of drug-likeness (QED) is 0.473. The molecule has 0 aliphatic carbocycles. The van der Waals surface area contributed by atoms with Crippen LogP contribution in [0.5, 0.6) is 0 Å². The molecule has 8 nitrogen and oxygen atoms in total. The zero-order chi connectivity index (χ0) is 21.6. The molecule has 9 heteroatoms. The Morgan fingerprint density at radius 1 is 1.17 bits per heavy atom. The van der Waals surface area contributed by atoms with Crippen molar-refractivity contribution in [3.05, 3.63) is 85.5 Å². The Bertz CT molecular complexity index is 1220. The Morgan fingerprint density at radius 2 is 1.87 bits per heavy atom. The van der Waals surface area contributed by atoms with Crippen LogP contribution in [0.2, 0.25) is 0 Å². The van der Waals surface area contributed by atoms with Gasteiger partial charge in [-0.3, -0.25) is 19.7 Å². The van der Waals surface area contributed by atoms with E-state index in [2.05, 4.69) is 0 Å². The predicted molar refractivity (Wildman–Crippen MR) is 107 cm³/mol. The third-order valence-corrected chi connectivity index (χ3v) is 5.14. The normalized spacial score (nSPS) is 15.8. The molecule has 4 rings (SSSR count). The average Bonchev–Trinajstić information content (AvgIpc) is 2.99. The summed E-state index contributed by atoms with van der Waals surface area (Å²) in [4.78, 5) is 40.2. The number of hydrogen-bond acceptors (Lipinski definition) is 6. The molecule has 1 aliphatic rings. The first-order chi connectivity index (χ1) is 14.3. The highest BCUT2D eigenvalue weighted by atomic mass is 19.1. The van der Waals surface area contributed by atoms with Crippen molar-refractivity contribution >= 4 is 22.6 Å². The molecule has 1 unspecified atom stereocenters. The number of fused-ring (bicyclic) bond motifs is 2. The third-order valence-electron chi connectivity index (χ3n) is 5.14. The Labute approximate surface area is 170 Å². The van der Waals surface area contributed by atoms with Crippen LogP contribution in [0.4, 0.5) is 10.1 Å². The second-order valence-corrected chi connectivity index (χ2v) is 7.37.